The van der Waals surface area contributed by atoms with Crippen LogP contribution in [0.2, 0.25) is 0 Å². The predicted molar refractivity (Wildman–Crippen MR) is 81.1 cm³/mol. The highest BCUT2D eigenvalue weighted by Gasteiger charge is 2.10. The molecule has 0 spiro atoms. The lowest BCUT2D eigenvalue weighted by Crippen LogP contribution is -1.94. The monoisotopic (exact) mass is 270 g/mol. The van der Waals surface area contributed by atoms with Gasteiger partial charge in [0.15, 0.2) is 0 Å². The summed E-state index contributed by atoms with van der Waals surface area (Å²) < 4.78 is 10.5. The van der Waals surface area contributed by atoms with E-state index in [1.54, 1.807) is 14.2 Å². The normalized spacial score (nSPS) is 9.58. The molecular formula is C16H14O2S. The molecule has 2 nitrogen and oxygen atoms in total. The zero-order valence-corrected chi connectivity index (χ0v) is 11.7. The summed E-state index contributed by atoms with van der Waals surface area (Å²) in [4.78, 5) is 0. The molecule has 0 aromatic heterocycles. The maximum Gasteiger partial charge on any atom is 0.127 e. The third-order valence-corrected chi connectivity index (χ3v) is 3.06. The van der Waals surface area contributed by atoms with Crippen molar-refractivity contribution >= 4 is 22.8 Å². The quantitative estimate of drug-likeness (QED) is 0.789. The second-order valence-electron chi connectivity index (χ2n) is 3.91. The summed E-state index contributed by atoms with van der Waals surface area (Å²) in [6.45, 7) is 0. The number of thiocarbonyl (C=S) groups is 1. The third-order valence-electron chi connectivity index (χ3n) is 2.86. The van der Waals surface area contributed by atoms with Crippen LogP contribution < -0.4 is 9.47 Å². The number of rotatable bonds is 4. The lowest BCUT2D eigenvalue weighted by atomic mass is 9.99. The second-order valence-corrected chi connectivity index (χ2v) is 4.11. The van der Waals surface area contributed by atoms with Crippen LogP contribution in [0.3, 0.4) is 0 Å². The zero-order chi connectivity index (χ0) is 13.7. The van der Waals surface area contributed by atoms with Crippen molar-refractivity contribution in [1.82, 2.24) is 0 Å². The van der Waals surface area contributed by atoms with Gasteiger partial charge in [0.25, 0.3) is 0 Å². The summed E-state index contributed by atoms with van der Waals surface area (Å²) in [7, 11) is 3.29. The molecule has 3 heteroatoms. The van der Waals surface area contributed by atoms with E-state index in [9.17, 15) is 0 Å². The number of ether oxygens (including phenoxy) is 2. The SMILES string of the molecule is COc1ccc(C(=C=S)c2ccccc2OC)cc1. The van der Waals surface area contributed by atoms with Crippen LogP contribution in [0, 0.1) is 0 Å². The molecular weight excluding hydrogens is 256 g/mol. The molecule has 2 rings (SSSR count). The topological polar surface area (TPSA) is 18.5 Å². The van der Waals surface area contributed by atoms with Crippen LogP contribution in [-0.4, -0.2) is 19.2 Å². The van der Waals surface area contributed by atoms with Crippen molar-refractivity contribution in [2.75, 3.05) is 14.2 Å². The summed E-state index contributed by atoms with van der Waals surface area (Å²) in [6.07, 6.45) is 0. The molecule has 0 heterocycles. The second kappa shape index (κ2) is 6.19. The summed E-state index contributed by atoms with van der Waals surface area (Å²) in [5.74, 6) is 1.60. The average Bonchev–Trinajstić information content (AvgIpc) is 2.49. The Morgan fingerprint density at radius 2 is 1.63 bits per heavy atom. The average molecular weight is 270 g/mol. The summed E-state index contributed by atoms with van der Waals surface area (Å²) in [6, 6.07) is 15.5. The van der Waals surface area contributed by atoms with E-state index in [0.29, 0.717) is 0 Å². The lowest BCUT2D eigenvalue weighted by molar-refractivity contribution is 0.413. The smallest absolute Gasteiger partial charge is 0.127 e. The first kappa shape index (κ1) is 13.3. The molecule has 0 amide bonds. The van der Waals surface area contributed by atoms with Gasteiger partial charge < -0.3 is 9.47 Å². The van der Waals surface area contributed by atoms with E-state index in [1.165, 1.54) is 0 Å². The Balaban J connectivity index is 2.47. The molecule has 0 bridgehead atoms. The van der Waals surface area contributed by atoms with Crippen LogP contribution in [0.4, 0.5) is 0 Å². The Morgan fingerprint density at radius 3 is 2.21 bits per heavy atom. The molecule has 2 aromatic carbocycles. The molecule has 0 radical (unpaired) electrons. The van der Waals surface area contributed by atoms with Crippen molar-refractivity contribution in [3.63, 3.8) is 0 Å². The van der Waals surface area contributed by atoms with Gasteiger partial charge in [-0.15, -0.1) is 0 Å². The molecule has 0 aliphatic rings. The van der Waals surface area contributed by atoms with Crippen LogP contribution >= 0.6 is 12.2 Å². The largest absolute Gasteiger partial charge is 0.497 e. The molecule has 0 saturated heterocycles. The van der Waals surface area contributed by atoms with Gasteiger partial charge in [0.2, 0.25) is 0 Å². The summed E-state index contributed by atoms with van der Waals surface area (Å²) >= 11 is 5.03. The van der Waals surface area contributed by atoms with Gasteiger partial charge in [-0.2, -0.15) is 0 Å². The van der Waals surface area contributed by atoms with Crippen molar-refractivity contribution in [3.05, 3.63) is 59.7 Å². The molecule has 0 fully saturated rings. The minimum absolute atomic E-state index is 0.783. The van der Waals surface area contributed by atoms with E-state index in [4.69, 9.17) is 21.7 Å². The number of para-hydroxylation sites is 1. The van der Waals surface area contributed by atoms with E-state index < -0.39 is 0 Å². The first-order valence-electron chi connectivity index (χ1n) is 5.83. The zero-order valence-electron chi connectivity index (χ0n) is 10.8. The minimum Gasteiger partial charge on any atom is -0.497 e. The Kier molecular flexibility index (Phi) is 4.35. The maximum absolute atomic E-state index is 5.36. The summed E-state index contributed by atoms with van der Waals surface area (Å²) in [5.41, 5.74) is 2.76. The Bertz CT molecular complexity index is 611. The molecule has 0 saturated carbocycles. The number of hydrogen-bond donors (Lipinski definition) is 0. The third kappa shape index (κ3) is 2.84. The Morgan fingerprint density at radius 1 is 0.947 bits per heavy atom. The molecule has 19 heavy (non-hydrogen) atoms. The van der Waals surface area contributed by atoms with Gasteiger partial charge in [0, 0.05) is 11.1 Å². The van der Waals surface area contributed by atoms with E-state index in [-0.39, 0.29) is 0 Å². The standard InChI is InChI=1S/C16H14O2S/c1-17-13-9-7-12(8-10-13)15(11-19)14-5-3-4-6-16(14)18-2/h3-10H,1-2H3. The van der Waals surface area contributed by atoms with E-state index in [0.717, 1.165) is 28.2 Å². The maximum atomic E-state index is 5.36. The molecule has 0 aliphatic heterocycles. The molecule has 0 N–H and O–H groups in total. The number of hydrogen-bond acceptors (Lipinski definition) is 3. The van der Waals surface area contributed by atoms with Crippen LogP contribution in [0.15, 0.2) is 48.5 Å². The number of methoxy groups -OCH3 is 2. The highest BCUT2D eigenvalue weighted by Crippen LogP contribution is 2.29. The van der Waals surface area contributed by atoms with Crippen molar-refractivity contribution < 1.29 is 9.47 Å². The van der Waals surface area contributed by atoms with Gasteiger partial charge in [-0.25, -0.2) is 0 Å². The fourth-order valence-corrected chi connectivity index (χ4v) is 2.11. The highest BCUT2D eigenvalue weighted by atomic mass is 32.1. The van der Waals surface area contributed by atoms with Gasteiger partial charge in [0.1, 0.15) is 11.5 Å². The van der Waals surface area contributed by atoms with Crippen molar-refractivity contribution in [3.8, 4) is 11.5 Å². The molecule has 0 atom stereocenters. The Labute approximate surface area is 118 Å². The van der Waals surface area contributed by atoms with Crippen LogP contribution in [-0.2, 0) is 0 Å². The molecule has 96 valence electrons. The molecule has 0 unspecified atom stereocenters. The lowest BCUT2D eigenvalue weighted by Gasteiger charge is -2.10. The Hall–Kier alpha value is -2.09. The van der Waals surface area contributed by atoms with Crippen molar-refractivity contribution in [2.24, 2.45) is 0 Å². The van der Waals surface area contributed by atoms with E-state index >= 15 is 0 Å². The van der Waals surface area contributed by atoms with Gasteiger partial charge in [-0.3, -0.25) is 0 Å². The van der Waals surface area contributed by atoms with E-state index in [2.05, 4.69) is 5.02 Å². The summed E-state index contributed by atoms with van der Waals surface area (Å²) in [5, 5.41) is 2.83. The van der Waals surface area contributed by atoms with E-state index in [1.807, 2.05) is 48.5 Å². The fraction of sp³-hybridized carbons (Fsp3) is 0.125. The first-order chi connectivity index (χ1) is 9.30. The molecule has 2 aromatic rings. The van der Waals surface area contributed by atoms with Crippen LogP contribution in [0.1, 0.15) is 11.1 Å². The first-order valence-corrected chi connectivity index (χ1v) is 6.24. The van der Waals surface area contributed by atoms with Crippen LogP contribution in [0.25, 0.3) is 5.57 Å². The van der Waals surface area contributed by atoms with Gasteiger partial charge in [-0.05, 0) is 47.1 Å². The van der Waals surface area contributed by atoms with Gasteiger partial charge in [0.05, 0.1) is 14.2 Å². The van der Waals surface area contributed by atoms with Crippen molar-refractivity contribution in [2.45, 2.75) is 0 Å². The van der Waals surface area contributed by atoms with Crippen LogP contribution in [0.5, 0.6) is 11.5 Å². The minimum atomic E-state index is 0.783. The number of benzene rings is 2. The molecule has 0 aliphatic carbocycles. The fourth-order valence-electron chi connectivity index (χ4n) is 1.88. The highest BCUT2D eigenvalue weighted by molar-refractivity contribution is 7.78. The predicted octanol–water partition coefficient (Wildman–Crippen LogP) is 3.73. The van der Waals surface area contributed by atoms with Gasteiger partial charge >= 0.3 is 0 Å². The van der Waals surface area contributed by atoms with Gasteiger partial charge in [-0.1, -0.05) is 24.3 Å². The van der Waals surface area contributed by atoms with Crippen molar-refractivity contribution in [1.29, 1.82) is 0 Å².